The SMILES string of the molecule is CCNC(=NCC1(CCOCC)CC1)NC(C)C(C)C. The van der Waals surface area contributed by atoms with Crippen LogP contribution in [0.2, 0.25) is 0 Å². The predicted molar refractivity (Wildman–Crippen MR) is 86.2 cm³/mol. The van der Waals surface area contributed by atoms with Crippen LogP contribution in [0.25, 0.3) is 0 Å². The van der Waals surface area contributed by atoms with Crippen molar-refractivity contribution >= 4 is 5.96 Å². The quantitative estimate of drug-likeness (QED) is 0.388. The van der Waals surface area contributed by atoms with Crippen LogP contribution in [0, 0.1) is 11.3 Å². The lowest BCUT2D eigenvalue weighted by atomic mass is 10.0. The standard InChI is InChI=1S/C16H33N3O/c1-6-17-15(19-14(5)13(3)4)18-12-16(8-9-16)10-11-20-7-2/h13-14H,6-12H2,1-5H3,(H2,17,18,19). The smallest absolute Gasteiger partial charge is 0.191 e. The molecule has 2 N–H and O–H groups in total. The number of ether oxygens (including phenoxy) is 1. The second-order valence-electron chi connectivity index (χ2n) is 6.32. The van der Waals surface area contributed by atoms with Crippen LogP contribution in [-0.4, -0.2) is 38.3 Å². The molecule has 1 aliphatic carbocycles. The minimum Gasteiger partial charge on any atom is -0.382 e. The number of nitrogens with zero attached hydrogens (tertiary/aromatic N) is 1. The third kappa shape index (κ3) is 6.12. The van der Waals surface area contributed by atoms with E-state index in [1.807, 2.05) is 0 Å². The molecule has 4 heteroatoms. The van der Waals surface area contributed by atoms with Gasteiger partial charge in [-0.1, -0.05) is 13.8 Å². The van der Waals surface area contributed by atoms with Crippen molar-refractivity contribution in [3.8, 4) is 0 Å². The summed E-state index contributed by atoms with van der Waals surface area (Å²) >= 11 is 0. The zero-order chi connectivity index (χ0) is 15.0. The molecule has 1 unspecified atom stereocenters. The van der Waals surface area contributed by atoms with Crippen LogP contribution in [0.4, 0.5) is 0 Å². The van der Waals surface area contributed by atoms with Gasteiger partial charge in [-0.3, -0.25) is 4.99 Å². The maximum atomic E-state index is 5.48. The van der Waals surface area contributed by atoms with Gasteiger partial charge in [-0.05, 0) is 51.4 Å². The Labute approximate surface area is 124 Å². The Kier molecular flexibility index (Phi) is 7.35. The number of guanidine groups is 1. The predicted octanol–water partition coefficient (Wildman–Crippen LogP) is 2.79. The van der Waals surface area contributed by atoms with Crippen molar-refractivity contribution in [1.82, 2.24) is 10.6 Å². The van der Waals surface area contributed by atoms with Gasteiger partial charge in [-0.15, -0.1) is 0 Å². The molecule has 0 amide bonds. The van der Waals surface area contributed by atoms with Crippen LogP contribution < -0.4 is 10.6 Å². The lowest BCUT2D eigenvalue weighted by Crippen LogP contribution is -2.44. The van der Waals surface area contributed by atoms with Crippen molar-refractivity contribution in [2.24, 2.45) is 16.3 Å². The third-order valence-corrected chi connectivity index (χ3v) is 4.22. The molecule has 0 heterocycles. The highest BCUT2D eigenvalue weighted by Crippen LogP contribution is 2.48. The molecule has 0 aromatic rings. The first kappa shape index (κ1) is 17.3. The van der Waals surface area contributed by atoms with Gasteiger partial charge in [0.25, 0.3) is 0 Å². The van der Waals surface area contributed by atoms with Gasteiger partial charge in [0.05, 0.1) is 0 Å². The molecule has 1 fully saturated rings. The Morgan fingerprint density at radius 2 is 1.95 bits per heavy atom. The van der Waals surface area contributed by atoms with Gasteiger partial charge < -0.3 is 15.4 Å². The van der Waals surface area contributed by atoms with Crippen molar-refractivity contribution in [2.45, 2.75) is 59.9 Å². The summed E-state index contributed by atoms with van der Waals surface area (Å²) in [6, 6.07) is 0.436. The molecule has 20 heavy (non-hydrogen) atoms. The lowest BCUT2D eigenvalue weighted by Gasteiger charge is -2.21. The Morgan fingerprint density at radius 1 is 1.25 bits per heavy atom. The van der Waals surface area contributed by atoms with E-state index in [9.17, 15) is 0 Å². The minimum atomic E-state index is 0.415. The Balaban J connectivity index is 2.45. The molecule has 4 nitrogen and oxygen atoms in total. The average Bonchev–Trinajstić information content (AvgIpc) is 3.17. The number of aliphatic imine (C=N–C) groups is 1. The van der Waals surface area contributed by atoms with E-state index in [2.05, 4.69) is 45.3 Å². The maximum absolute atomic E-state index is 5.48. The van der Waals surface area contributed by atoms with E-state index in [-0.39, 0.29) is 0 Å². The third-order valence-electron chi connectivity index (χ3n) is 4.22. The summed E-state index contributed by atoms with van der Waals surface area (Å²) in [5.41, 5.74) is 0.415. The van der Waals surface area contributed by atoms with Crippen molar-refractivity contribution in [3.05, 3.63) is 0 Å². The molecule has 0 spiro atoms. The Bertz CT molecular complexity index is 298. The molecule has 1 atom stereocenters. The average molecular weight is 283 g/mol. The second kappa shape index (κ2) is 8.50. The zero-order valence-corrected chi connectivity index (χ0v) is 14.0. The fourth-order valence-electron chi connectivity index (χ4n) is 2.05. The fraction of sp³-hybridized carbons (Fsp3) is 0.938. The summed E-state index contributed by atoms with van der Waals surface area (Å²) in [5, 5.41) is 6.84. The summed E-state index contributed by atoms with van der Waals surface area (Å²) in [5.74, 6) is 1.56. The van der Waals surface area contributed by atoms with Gasteiger partial charge in [0.2, 0.25) is 0 Å². The highest BCUT2D eigenvalue weighted by Gasteiger charge is 2.41. The van der Waals surface area contributed by atoms with Gasteiger partial charge in [-0.25, -0.2) is 0 Å². The first-order valence-corrected chi connectivity index (χ1v) is 8.15. The Hall–Kier alpha value is -0.770. The van der Waals surface area contributed by atoms with Crippen LogP contribution in [0.1, 0.15) is 53.9 Å². The van der Waals surface area contributed by atoms with Gasteiger partial charge in [0, 0.05) is 32.3 Å². The molecule has 0 saturated heterocycles. The summed E-state index contributed by atoms with van der Waals surface area (Å²) in [7, 11) is 0. The van der Waals surface area contributed by atoms with Crippen LogP contribution in [0.15, 0.2) is 4.99 Å². The topological polar surface area (TPSA) is 45.7 Å². The molecular weight excluding hydrogens is 250 g/mol. The number of rotatable bonds is 9. The van der Waals surface area contributed by atoms with Crippen molar-refractivity contribution in [2.75, 3.05) is 26.3 Å². The minimum absolute atomic E-state index is 0.415. The highest BCUT2D eigenvalue weighted by molar-refractivity contribution is 5.80. The van der Waals surface area contributed by atoms with E-state index in [0.717, 1.165) is 38.7 Å². The van der Waals surface area contributed by atoms with E-state index < -0.39 is 0 Å². The second-order valence-corrected chi connectivity index (χ2v) is 6.32. The molecule has 118 valence electrons. The molecular formula is C16H33N3O. The van der Waals surface area contributed by atoms with Crippen molar-refractivity contribution in [3.63, 3.8) is 0 Å². The van der Waals surface area contributed by atoms with Gasteiger partial charge in [0.1, 0.15) is 0 Å². The zero-order valence-electron chi connectivity index (χ0n) is 14.0. The maximum Gasteiger partial charge on any atom is 0.191 e. The molecule has 0 radical (unpaired) electrons. The van der Waals surface area contributed by atoms with E-state index in [1.54, 1.807) is 0 Å². The first-order chi connectivity index (χ1) is 9.53. The largest absolute Gasteiger partial charge is 0.382 e. The van der Waals surface area contributed by atoms with Crippen LogP contribution in [0.5, 0.6) is 0 Å². The number of nitrogens with one attached hydrogen (secondary N) is 2. The number of hydrogen-bond donors (Lipinski definition) is 2. The van der Waals surface area contributed by atoms with Gasteiger partial charge >= 0.3 is 0 Å². The normalized spacial score (nSPS) is 19.0. The number of hydrogen-bond acceptors (Lipinski definition) is 2. The molecule has 0 bridgehead atoms. The summed E-state index contributed by atoms with van der Waals surface area (Å²) < 4.78 is 5.48. The van der Waals surface area contributed by atoms with Gasteiger partial charge in [-0.2, -0.15) is 0 Å². The molecule has 0 aromatic carbocycles. The molecule has 0 aromatic heterocycles. The van der Waals surface area contributed by atoms with E-state index in [4.69, 9.17) is 9.73 Å². The van der Waals surface area contributed by atoms with E-state index >= 15 is 0 Å². The monoisotopic (exact) mass is 283 g/mol. The van der Waals surface area contributed by atoms with E-state index in [0.29, 0.717) is 17.4 Å². The van der Waals surface area contributed by atoms with Crippen LogP contribution in [0.3, 0.4) is 0 Å². The highest BCUT2D eigenvalue weighted by atomic mass is 16.5. The van der Waals surface area contributed by atoms with Gasteiger partial charge in [0.15, 0.2) is 5.96 Å². The molecule has 1 rings (SSSR count). The van der Waals surface area contributed by atoms with Crippen molar-refractivity contribution < 1.29 is 4.74 Å². The van der Waals surface area contributed by atoms with Crippen LogP contribution in [-0.2, 0) is 4.74 Å². The molecule has 0 aliphatic heterocycles. The fourth-order valence-corrected chi connectivity index (χ4v) is 2.05. The summed E-state index contributed by atoms with van der Waals surface area (Å²) in [6.07, 6.45) is 3.73. The Morgan fingerprint density at radius 3 is 2.45 bits per heavy atom. The van der Waals surface area contributed by atoms with Crippen molar-refractivity contribution in [1.29, 1.82) is 0 Å². The first-order valence-electron chi connectivity index (χ1n) is 8.15. The summed E-state index contributed by atoms with van der Waals surface area (Å²) in [6.45, 7) is 14.3. The van der Waals surface area contributed by atoms with Crippen LogP contribution >= 0.6 is 0 Å². The summed E-state index contributed by atoms with van der Waals surface area (Å²) in [4.78, 5) is 4.79. The molecule has 1 aliphatic rings. The lowest BCUT2D eigenvalue weighted by molar-refractivity contribution is 0.129. The molecule has 1 saturated carbocycles. The van der Waals surface area contributed by atoms with E-state index in [1.165, 1.54) is 12.8 Å².